The Bertz CT molecular complexity index is 383. The van der Waals surface area contributed by atoms with Crippen molar-refractivity contribution >= 4 is 5.91 Å². The highest BCUT2D eigenvalue weighted by Crippen LogP contribution is 2.15. The molecule has 0 spiro atoms. The summed E-state index contributed by atoms with van der Waals surface area (Å²) in [5.41, 5.74) is 1.26. The highest BCUT2D eigenvalue weighted by Gasteiger charge is 2.15. The molecule has 4 nitrogen and oxygen atoms in total. The van der Waals surface area contributed by atoms with Gasteiger partial charge in [0.1, 0.15) is 5.75 Å². The van der Waals surface area contributed by atoms with Crippen LogP contribution in [0.25, 0.3) is 0 Å². The van der Waals surface area contributed by atoms with Gasteiger partial charge >= 0.3 is 0 Å². The number of aliphatic hydroxyl groups is 1. The van der Waals surface area contributed by atoms with Crippen LogP contribution in [0.5, 0.6) is 5.75 Å². The first kappa shape index (κ1) is 13.5. The molecule has 17 heavy (non-hydrogen) atoms. The molecule has 94 valence electrons. The number of aromatic hydroxyl groups is 1. The van der Waals surface area contributed by atoms with Crippen molar-refractivity contribution in [1.82, 2.24) is 5.32 Å². The first-order chi connectivity index (χ1) is 7.93. The molecule has 0 aromatic heterocycles. The Labute approximate surface area is 101 Å². The predicted molar refractivity (Wildman–Crippen MR) is 66.0 cm³/mol. The number of rotatable bonds is 4. The summed E-state index contributed by atoms with van der Waals surface area (Å²) < 4.78 is 0. The maximum atomic E-state index is 11.9. The van der Waals surface area contributed by atoms with Crippen LogP contribution in [0, 0.1) is 12.8 Å². The monoisotopic (exact) mass is 237 g/mol. The molecule has 1 aromatic rings. The topological polar surface area (TPSA) is 69.6 Å². The lowest BCUT2D eigenvalue weighted by atomic mass is 10.0. The summed E-state index contributed by atoms with van der Waals surface area (Å²) in [5, 5.41) is 21.2. The molecule has 0 fully saturated rings. The third-order valence-corrected chi connectivity index (χ3v) is 2.82. The number of carbonyl (C=O) groups is 1. The minimum Gasteiger partial charge on any atom is -0.508 e. The highest BCUT2D eigenvalue weighted by atomic mass is 16.3. The molecule has 0 saturated heterocycles. The Kier molecular flexibility index (Phi) is 4.52. The smallest absolute Gasteiger partial charge is 0.251 e. The third-order valence-electron chi connectivity index (χ3n) is 2.82. The van der Waals surface area contributed by atoms with E-state index in [1.165, 1.54) is 6.07 Å². The Morgan fingerprint density at radius 1 is 1.35 bits per heavy atom. The van der Waals surface area contributed by atoms with E-state index in [1.807, 2.05) is 20.8 Å². The molecular weight excluding hydrogens is 218 g/mol. The molecule has 3 N–H and O–H groups in total. The van der Waals surface area contributed by atoms with Crippen LogP contribution < -0.4 is 5.32 Å². The van der Waals surface area contributed by atoms with Crippen molar-refractivity contribution in [3.05, 3.63) is 29.3 Å². The summed E-state index contributed by atoms with van der Waals surface area (Å²) in [6.45, 7) is 5.55. The fourth-order valence-corrected chi connectivity index (χ4v) is 1.48. The summed E-state index contributed by atoms with van der Waals surface area (Å²) in [4.78, 5) is 11.9. The predicted octanol–water partition coefficient (Wildman–Crippen LogP) is 1.45. The number of nitrogens with one attached hydrogen (secondary N) is 1. The first-order valence-electron chi connectivity index (χ1n) is 5.66. The number of carbonyl (C=O) groups excluding carboxylic acids is 1. The number of phenols is 1. The average Bonchev–Trinajstić information content (AvgIpc) is 2.26. The molecule has 0 saturated carbocycles. The van der Waals surface area contributed by atoms with Gasteiger partial charge in [-0.2, -0.15) is 0 Å². The second-order valence-corrected chi connectivity index (χ2v) is 4.48. The molecule has 0 aliphatic rings. The van der Waals surface area contributed by atoms with Gasteiger partial charge in [0, 0.05) is 18.2 Å². The minimum absolute atomic E-state index is 0.00245. The van der Waals surface area contributed by atoms with Crippen LogP contribution in [-0.4, -0.2) is 28.8 Å². The second-order valence-electron chi connectivity index (χ2n) is 4.48. The van der Waals surface area contributed by atoms with Crippen molar-refractivity contribution in [1.29, 1.82) is 0 Å². The van der Waals surface area contributed by atoms with E-state index >= 15 is 0 Å². The van der Waals surface area contributed by atoms with Gasteiger partial charge in [-0.25, -0.2) is 0 Å². The zero-order valence-electron chi connectivity index (χ0n) is 10.4. The van der Waals surface area contributed by atoms with Crippen LogP contribution in [0.15, 0.2) is 18.2 Å². The summed E-state index contributed by atoms with van der Waals surface area (Å²) in [7, 11) is 0. The average molecular weight is 237 g/mol. The van der Waals surface area contributed by atoms with Crippen molar-refractivity contribution in [2.24, 2.45) is 5.92 Å². The van der Waals surface area contributed by atoms with Gasteiger partial charge in [-0.3, -0.25) is 4.79 Å². The summed E-state index contributed by atoms with van der Waals surface area (Å²) in [5.74, 6) is -0.160. The van der Waals surface area contributed by atoms with Crippen LogP contribution in [0.2, 0.25) is 0 Å². The Morgan fingerprint density at radius 3 is 2.53 bits per heavy atom. The molecule has 0 aliphatic carbocycles. The fraction of sp³-hybridized carbons (Fsp3) is 0.462. The van der Waals surface area contributed by atoms with Crippen molar-refractivity contribution in [2.45, 2.75) is 26.8 Å². The Morgan fingerprint density at radius 2 is 2.00 bits per heavy atom. The van der Waals surface area contributed by atoms with Gasteiger partial charge in [0.05, 0.1) is 0 Å². The van der Waals surface area contributed by atoms with Gasteiger partial charge in [-0.1, -0.05) is 6.92 Å². The largest absolute Gasteiger partial charge is 0.508 e. The number of aliphatic hydroxyl groups excluding tert-OH is 1. The molecule has 0 heterocycles. The van der Waals surface area contributed by atoms with E-state index in [2.05, 4.69) is 5.32 Å². The van der Waals surface area contributed by atoms with Crippen LogP contribution in [0.1, 0.15) is 29.8 Å². The highest BCUT2D eigenvalue weighted by molar-refractivity contribution is 5.95. The van der Waals surface area contributed by atoms with E-state index in [9.17, 15) is 9.90 Å². The van der Waals surface area contributed by atoms with E-state index in [1.54, 1.807) is 12.1 Å². The molecule has 4 heteroatoms. The lowest BCUT2D eigenvalue weighted by Crippen LogP contribution is -2.38. The van der Waals surface area contributed by atoms with Gasteiger partial charge in [-0.05, 0) is 43.5 Å². The normalized spacial score (nSPS) is 14.1. The molecule has 1 amide bonds. The van der Waals surface area contributed by atoms with Crippen LogP contribution in [0.3, 0.4) is 0 Å². The maximum absolute atomic E-state index is 11.9. The number of hydrogen-bond donors (Lipinski definition) is 3. The number of benzene rings is 1. The molecular formula is C13H19NO3. The third kappa shape index (κ3) is 3.75. The first-order valence-corrected chi connectivity index (χ1v) is 5.66. The van der Waals surface area contributed by atoms with Crippen molar-refractivity contribution < 1.29 is 15.0 Å². The SMILES string of the molecule is Cc1cc(O)cc(C(=O)NC(C)C(C)CO)c1. The zero-order chi connectivity index (χ0) is 13.0. The standard InChI is InChI=1S/C13H19NO3/c1-8-4-11(6-12(16)5-8)13(17)14-10(3)9(2)7-15/h4-6,9-10,15-16H,7H2,1-3H3,(H,14,17). The zero-order valence-corrected chi connectivity index (χ0v) is 10.4. The van der Waals surface area contributed by atoms with E-state index in [0.717, 1.165) is 5.56 Å². The summed E-state index contributed by atoms with van der Waals surface area (Å²) in [6, 6.07) is 4.62. The lowest BCUT2D eigenvalue weighted by Gasteiger charge is -2.19. The molecule has 0 bridgehead atoms. The number of hydrogen-bond acceptors (Lipinski definition) is 3. The molecule has 1 aromatic carbocycles. The van der Waals surface area contributed by atoms with Gasteiger partial charge < -0.3 is 15.5 Å². The quantitative estimate of drug-likeness (QED) is 0.742. The Hall–Kier alpha value is -1.55. The van der Waals surface area contributed by atoms with E-state index in [-0.39, 0.29) is 30.2 Å². The molecule has 0 aliphatic heterocycles. The minimum atomic E-state index is -0.239. The van der Waals surface area contributed by atoms with Crippen molar-refractivity contribution in [3.63, 3.8) is 0 Å². The number of phenolic OH excluding ortho intramolecular Hbond substituents is 1. The molecule has 1 rings (SSSR count). The molecule has 0 radical (unpaired) electrons. The van der Waals surface area contributed by atoms with E-state index < -0.39 is 0 Å². The van der Waals surface area contributed by atoms with Crippen molar-refractivity contribution in [2.75, 3.05) is 6.61 Å². The maximum Gasteiger partial charge on any atom is 0.251 e. The summed E-state index contributed by atoms with van der Waals surface area (Å²) >= 11 is 0. The van der Waals surface area contributed by atoms with E-state index in [0.29, 0.717) is 5.56 Å². The lowest BCUT2D eigenvalue weighted by molar-refractivity contribution is 0.0916. The van der Waals surface area contributed by atoms with Crippen LogP contribution in [0.4, 0.5) is 0 Å². The van der Waals surface area contributed by atoms with Gasteiger partial charge in [0.25, 0.3) is 5.91 Å². The van der Waals surface area contributed by atoms with Crippen molar-refractivity contribution in [3.8, 4) is 5.75 Å². The Balaban J connectivity index is 2.76. The molecule has 2 atom stereocenters. The number of aryl methyl sites for hydroxylation is 1. The van der Waals surface area contributed by atoms with Crippen LogP contribution >= 0.6 is 0 Å². The molecule has 2 unspecified atom stereocenters. The fourth-order valence-electron chi connectivity index (χ4n) is 1.48. The van der Waals surface area contributed by atoms with Crippen LogP contribution in [-0.2, 0) is 0 Å². The van der Waals surface area contributed by atoms with E-state index in [4.69, 9.17) is 5.11 Å². The second kappa shape index (κ2) is 5.68. The van der Waals surface area contributed by atoms with Gasteiger partial charge in [0.2, 0.25) is 0 Å². The van der Waals surface area contributed by atoms with Gasteiger partial charge in [0.15, 0.2) is 0 Å². The van der Waals surface area contributed by atoms with Gasteiger partial charge in [-0.15, -0.1) is 0 Å². The number of amides is 1. The summed E-state index contributed by atoms with van der Waals surface area (Å²) in [6.07, 6.45) is 0.